The van der Waals surface area contributed by atoms with Gasteiger partial charge in [-0.15, -0.1) is 0 Å². The molecule has 2 aromatic rings. The summed E-state index contributed by atoms with van der Waals surface area (Å²) in [7, 11) is 7.06. The second kappa shape index (κ2) is 27.7. The van der Waals surface area contributed by atoms with Gasteiger partial charge in [0.15, 0.2) is 18.7 Å². The summed E-state index contributed by atoms with van der Waals surface area (Å²) in [5.41, 5.74) is -4.86. The summed E-state index contributed by atoms with van der Waals surface area (Å²) in [6.07, 6.45) is -6.07. The van der Waals surface area contributed by atoms with Crippen LogP contribution in [0.5, 0.6) is 5.75 Å². The van der Waals surface area contributed by atoms with E-state index < -0.39 is 113 Å². The number of carboxylic acids is 1. The first-order valence-electron chi connectivity index (χ1n) is 28.5. The van der Waals surface area contributed by atoms with Crippen molar-refractivity contribution in [1.82, 2.24) is 14.4 Å². The standard InChI is InChI=1S/C58H93N3O19/c1-15-44-58(10,70)50(65)36(6)60(13)30-32(2)28-56(8,69)51(80-55-48(64)43(59(11)12)26-33(3)75-55)34(4)49(35(5)54(68)77-44)79-46-29-57(9,71-14)52(37(7)76-46)78-45(62)20-21-72-22-23-73-24-25-74-39-18-19-40-42(27-39)61(38-16-17-38)31-41(47(40)63)53(66)67/h18-19,27,31-38,43-44,46,48-52,55,64-65,69-70H,15-17,20-26,28-30H2,1-14H3,(H,66,67)/t32-,33-,34+,35-,36-,37+,43+,44-,46?,48-,49+,50-,51-,52+,55?,56-,57-,58-/m1/s1. The number of nitrogens with zero attached hydrogens (tertiary/aromatic N) is 3. The van der Waals surface area contributed by atoms with Crippen LogP contribution in [-0.2, 0) is 52.2 Å². The molecule has 6 rings (SSSR count). The Balaban J connectivity index is 1.10. The maximum atomic E-state index is 14.6. The third kappa shape index (κ3) is 15.7. The van der Waals surface area contributed by atoms with E-state index in [1.54, 1.807) is 66.7 Å². The van der Waals surface area contributed by atoms with Gasteiger partial charge >= 0.3 is 17.9 Å². The van der Waals surface area contributed by atoms with Crippen LogP contribution in [0.15, 0.2) is 29.2 Å². The number of ether oxygens (including phenoxy) is 10. The Bertz CT molecular complexity index is 2430. The van der Waals surface area contributed by atoms with Crippen LogP contribution < -0.4 is 10.2 Å². The molecule has 0 bridgehead atoms. The molecule has 1 aromatic heterocycles. The third-order valence-corrected chi connectivity index (χ3v) is 16.9. The van der Waals surface area contributed by atoms with Crippen LogP contribution in [0.1, 0.15) is 131 Å². The maximum absolute atomic E-state index is 14.6. The molecule has 0 amide bonds. The normalized spacial score (nSPS) is 37.2. The van der Waals surface area contributed by atoms with Gasteiger partial charge in [0.2, 0.25) is 5.43 Å². The number of esters is 2. The van der Waals surface area contributed by atoms with Crippen LogP contribution in [0, 0.1) is 17.8 Å². The number of methoxy groups -OCH3 is 1. The van der Waals surface area contributed by atoms with Crippen molar-refractivity contribution in [3.05, 3.63) is 40.2 Å². The lowest BCUT2D eigenvalue weighted by atomic mass is 9.77. The Morgan fingerprint density at radius 1 is 0.887 bits per heavy atom. The first-order chi connectivity index (χ1) is 37.5. The Kier molecular flexibility index (Phi) is 22.6. The van der Waals surface area contributed by atoms with Gasteiger partial charge in [-0.25, -0.2) is 4.79 Å². The highest BCUT2D eigenvalue weighted by molar-refractivity contribution is 5.93. The molecule has 22 heteroatoms. The highest BCUT2D eigenvalue weighted by Crippen LogP contribution is 2.42. The molecule has 1 aromatic carbocycles. The topological polar surface area (TPSA) is 273 Å². The lowest BCUT2D eigenvalue weighted by molar-refractivity contribution is -0.318. The van der Waals surface area contributed by atoms with Crippen LogP contribution in [-0.4, -0.2) is 216 Å². The number of hydrogen-bond acceptors (Lipinski definition) is 20. The summed E-state index contributed by atoms with van der Waals surface area (Å²) in [5, 5.41) is 58.0. The fourth-order valence-electron chi connectivity index (χ4n) is 12.1. The van der Waals surface area contributed by atoms with Crippen LogP contribution in [0.3, 0.4) is 0 Å². The molecule has 5 N–H and O–H groups in total. The molecule has 3 saturated heterocycles. The van der Waals surface area contributed by atoms with Gasteiger partial charge < -0.3 is 87.3 Å². The Hall–Kier alpha value is -3.88. The molecule has 454 valence electrons. The van der Waals surface area contributed by atoms with Gasteiger partial charge in [0.25, 0.3) is 0 Å². The van der Waals surface area contributed by atoms with Crippen molar-refractivity contribution in [2.24, 2.45) is 17.8 Å². The maximum Gasteiger partial charge on any atom is 0.341 e. The van der Waals surface area contributed by atoms with E-state index in [-0.39, 0.29) is 88.4 Å². The zero-order valence-electron chi connectivity index (χ0n) is 49.5. The molecule has 3 aliphatic heterocycles. The molecule has 80 heavy (non-hydrogen) atoms. The molecular formula is C58H93N3O19. The molecule has 18 atom stereocenters. The summed E-state index contributed by atoms with van der Waals surface area (Å²) in [6, 6.07) is 4.17. The first kappa shape index (κ1) is 65.3. The number of benzene rings is 1. The lowest BCUT2D eigenvalue weighted by Crippen LogP contribution is -2.61. The molecule has 0 radical (unpaired) electrons. The largest absolute Gasteiger partial charge is 0.491 e. The van der Waals surface area contributed by atoms with E-state index >= 15 is 0 Å². The number of carbonyl (C=O) groups is 3. The number of pyridine rings is 1. The van der Waals surface area contributed by atoms with Gasteiger partial charge in [0, 0.05) is 61.8 Å². The summed E-state index contributed by atoms with van der Waals surface area (Å²) in [6.45, 7) is 18.7. The van der Waals surface area contributed by atoms with E-state index in [0.29, 0.717) is 29.6 Å². The van der Waals surface area contributed by atoms with E-state index in [0.717, 1.165) is 12.8 Å². The lowest BCUT2D eigenvalue weighted by Gasteiger charge is -2.49. The van der Waals surface area contributed by atoms with Crippen molar-refractivity contribution < 1.29 is 87.3 Å². The van der Waals surface area contributed by atoms with Crippen LogP contribution in [0.25, 0.3) is 10.9 Å². The van der Waals surface area contributed by atoms with Crippen molar-refractivity contribution in [1.29, 1.82) is 0 Å². The minimum Gasteiger partial charge on any atom is -0.491 e. The van der Waals surface area contributed by atoms with Gasteiger partial charge in [-0.3, -0.25) is 14.4 Å². The van der Waals surface area contributed by atoms with E-state index in [2.05, 4.69) is 0 Å². The predicted octanol–water partition coefficient (Wildman–Crippen LogP) is 4.30. The van der Waals surface area contributed by atoms with Crippen molar-refractivity contribution in [2.45, 2.75) is 211 Å². The number of likely N-dealkylation sites (N-methyl/N-ethyl adjacent to an activating group) is 2. The van der Waals surface area contributed by atoms with Gasteiger partial charge in [0.1, 0.15) is 47.4 Å². The average molecular weight is 1140 g/mol. The summed E-state index contributed by atoms with van der Waals surface area (Å²) >= 11 is 0. The second-order valence-corrected chi connectivity index (χ2v) is 23.9. The van der Waals surface area contributed by atoms with E-state index in [1.807, 2.05) is 49.4 Å². The molecule has 0 spiro atoms. The Morgan fingerprint density at radius 3 is 2.17 bits per heavy atom. The minimum atomic E-state index is -1.87. The van der Waals surface area contributed by atoms with E-state index in [4.69, 9.17) is 47.4 Å². The van der Waals surface area contributed by atoms with Gasteiger partial charge in [0.05, 0.1) is 74.3 Å². The van der Waals surface area contributed by atoms with Gasteiger partial charge in [-0.05, 0) is 120 Å². The molecule has 1 aliphatic carbocycles. The quantitative estimate of drug-likeness (QED) is 0.0913. The van der Waals surface area contributed by atoms with Crippen LogP contribution in [0.4, 0.5) is 0 Å². The highest BCUT2D eigenvalue weighted by atomic mass is 16.7. The van der Waals surface area contributed by atoms with Crippen LogP contribution in [0.2, 0.25) is 0 Å². The molecule has 2 unspecified atom stereocenters. The van der Waals surface area contributed by atoms with Crippen molar-refractivity contribution in [3.63, 3.8) is 0 Å². The van der Waals surface area contributed by atoms with Gasteiger partial charge in [-0.2, -0.15) is 0 Å². The summed E-state index contributed by atoms with van der Waals surface area (Å²) in [5.74, 6) is -4.20. The van der Waals surface area contributed by atoms with E-state index in [1.165, 1.54) is 20.2 Å². The zero-order chi connectivity index (χ0) is 59.2. The molecular weight excluding hydrogens is 1040 g/mol. The first-order valence-corrected chi connectivity index (χ1v) is 28.5. The Morgan fingerprint density at radius 2 is 1.55 bits per heavy atom. The fraction of sp³-hybridized carbons (Fsp3) is 0.793. The number of aromatic carboxylic acids is 1. The van der Waals surface area contributed by atoms with Crippen LogP contribution >= 0.6 is 0 Å². The number of carboxylic acid groups (broad SMARTS) is 1. The average Bonchev–Trinajstić information content (AvgIpc) is 4.38. The molecule has 22 nitrogen and oxygen atoms in total. The number of hydrogen-bond donors (Lipinski definition) is 5. The molecule has 4 aliphatic rings. The van der Waals surface area contributed by atoms with E-state index in [9.17, 15) is 44.7 Å². The van der Waals surface area contributed by atoms with Crippen molar-refractivity contribution in [2.75, 3.05) is 67.8 Å². The number of aliphatic hydroxyl groups excluding tert-OH is 2. The number of carbonyl (C=O) groups excluding carboxylic acids is 2. The predicted molar refractivity (Wildman–Crippen MR) is 293 cm³/mol. The number of aromatic nitrogens is 1. The fourth-order valence-corrected chi connectivity index (χ4v) is 12.1. The summed E-state index contributed by atoms with van der Waals surface area (Å²) in [4.78, 5) is 56.3. The van der Waals surface area contributed by atoms with Crippen molar-refractivity contribution in [3.8, 4) is 5.75 Å². The highest BCUT2D eigenvalue weighted by Gasteiger charge is 2.54. The smallest absolute Gasteiger partial charge is 0.341 e. The molecule has 4 fully saturated rings. The second-order valence-electron chi connectivity index (χ2n) is 23.9. The number of fused-ring (bicyclic) bond motifs is 1. The molecule has 4 heterocycles. The number of rotatable bonds is 20. The van der Waals surface area contributed by atoms with Crippen molar-refractivity contribution >= 4 is 28.8 Å². The SMILES string of the molecule is CC[C@H]1OC(=O)[C@H](C)[C@@H](OC2C[C@@](C)(OC)[C@@H](OC(=O)CCOCCOCCOc3ccc4c(=O)c(C(=O)O)cn(C5CC5)c4c3)[C@H](C)O2)[C@H](C)[C@@H](OC2O[C@H](C)C[C@H](N(C)C)[C@H]2O)[C@](C)(O)C[C@@H](C)CN(C)[C@H](C)[C@@H](O)[C@]1(C)O. The Labute approximate surface area is 471 Å². The number of cyclic esters (lactones) is 1. The van der Waals surface area contributed by atoms with Gasteiger partial charge in [-0.1, -0.05) is 20.8 Å². The monoisotopic (exact) mass is 1140 g/mol. The zero-order valence-corrected chi connectivity index (χ0v) is 49.5. The summed E-state index contributed by atoms with van der Waals surface area (Å²) < 4.78 is 63.8. The minimum absolute atomic E-state index is 0.0263. The third-order valence-electron chi connectivity index (χ3n) is 16.9. The number of aliphatic hydroxyl groups is 4. The molecule has 1 saturated carbocycles.